The van der Waals surface area contributed by atoms with Crippen molar-refractivity contribution in [3.63, 3.8) is 0 Å². The third-order valence-corrected chi connectivity index (χ3v) is 6.64. The fourth-order valence-corrected chi connectivity index (χ4v) is 4.73. The van der Waals surface area contributed by atoms with Crippen LogP contribution in [0.5, 0.6) is 11.5 Å². The van der Waals surface area contributed by atoms with E-state index in [0.29, 0.717) is 31.0 Å². The Morgan fingerprint density at radius 3 is 2.70 bits per heavy atom. The number of carbonyl (C=O) groups is 1. The molecule has 5 heteroatoms. The normalized spacial score (nSPS) is 17.4. The fraction of sp³-hybridized carbons (Fsp3) is 0.393. The number of allylic oxidation sites excluding steroid dienone is 3. The number of hydrogen-bond acceptors (Lipinski definition) is 4. The summed E-state index contributed by atoms with van der Waals surface area (Å²) in [4.78, 5) is 17.4. The van der Waals surface area contributed by atoms with Gasteiger partial charge in [-0.15, -0.1) is 0 Å². The maximum absolute atomic E-state index is 13.1. The largest absolute Gasteiger partial charge is 0.497 e. The van der Waals surface area contributed by atoms with Crippen LogP contribution in [0.15, 0.2) is 66.3 Å². The molecule has 0 aromatic heterocycles. The molecule has 1 aliphatic carbocycles. The fourth-order valence-electron chi connectivity index (χ4n) is 4.73. The number of hydrogen-bond donors (Lipinski definition) is 0. The molecule has 1 aliphatic heterocycles. The second-order valence-corrected chi connectivity index (χ2v) is 8.54. The summed E-state index contributed by atoms with van der Waals surface area (Å²) < 4.78 is 11.9. The van der Waals surface area contributed by atoms with Crippen molar-refractivity contribution >= 4 is 5.91 Å². The zero-order chi connectivity index (χ0) is 23.2. The smallest absolute Gasteiger partial charge is 0.257 e. The van der Waals surface area contributed by atoms with E-state index < -0.39 is 0 Å². The number of carbonyl (C=O) groups excluding carboxylic acids is 1. The van der Waals surface area contributed by atoms with Crippen LogP contribution in [0.1, 0.15) is 47.8 Å². The van der Waals surface area contributed by atoms with E-state index in [4.69, 9.17) is 9.47 Å². The Kier molecular flexibility index (Phi) is 7.50. The Hall–Kier alpha value is -3.05. The van der Waals surface area contributed by atoms with Crippen molar-refractivity contribution in [1.82, 2.24) is 9.80 Å². The number of amides is 1. The van der Waals surface area contributed by atoms with E-state index >= 15 is 0 Å². The second kappa shape index (κ2) is 10.7. The van der Waals surface area contributed by atoms with Crippen molar-refractivity contribution in [3.8, 4) is 11.5 Å². The van der Waals surface area contributed by atoms with Gasteiger partial charge in [0.15, 0.2) is 0 Å². The number of rotatable bonds is 9. The Morgan fingerprint density at radius 2 is 1.97 bits per heavy atom. The number of fused-ring (bicyclic) bond motifs is 1. The van der Waals surface area contributed by atoms with Crippen LogP contribution in [0.25, 0.3) is 0 Å². The van der Waals surface area contributed by atoms with Gasteiger partial charge in [0.05, 0.1) is 18.7 Å². The summed E-state index contributed by atoms with van der Waals surface area (Å²) >= 11 is 0. The van der Waals surface area contributed by atoms with Crippen molar-refractivity contribution in [1.29, 1.82) is 0 Å². The average Bonchev–Trinajstić information content (AvgIpc) is 3.37. The standard InChI is InChI=1S/C28H34N2O3/c1-4-29(5-2)28(31)24-12-8-9-13-27(24)33-20-26-25-18-23(32-3)15-14-22(25)16-17-30(26)19-21-10-6-7-11-21/h6-10,12-15,18,26H,4-5,11,16-17,19-20H2,1-3H3. The molecule has 1 atom stereocenters. The van der Waals surface area contributed by atoms with Crippen molar-refractivity contribution in [2.24, 2.45) is 0 Å². The molecule has 0 spiro atoms. The van der Waals surface area contributed by atoms with E-state index in [9.17, 15) is 4.79 Å². The lowest BCUT2D eigenvalue weighted by atomic mass is 9.92. The molecule has 0 fully saturated rings. The molecule has 2 aliphatic rings. The summed E-state index contributed by atoms with van der Waals surface area (Å²) in [5, 5.41) is 0. The van der Waals surface area contributed by atoms with Crippen LogP contribution in [0.2, 0.25) is 0 Å². The highest BCUT2D eigenvalue weighted by molar-refractivity contribution is 5.96. The van der Waals surface area contributed by atoms with Crippen molar-refractivity contribution in [2.75, 3.05) is 39.9 Å². The first-order valence-corrected chi connectivity index (χ1v) is 11.9. The number of nitrogens with zero attached hydrogens (tertiary/aromatic N) is 2. The van der Waals surface area contributed by atoms with Crippen LogP contribution in [0.4, 0.5) is 0 Å². The molecule has 2 aromatic carbocycles. The van der Waals surface area contributed by atoms with Crippen LogP contribution in [-0.2, 0) is 6.42 Å². The van der Waals surface area contributed by atoms with Gasteiger partial charge in [0.2, 0.25) is 0 Å². The predicted octanol–water partition coefficient (Wildman–Crippen LogP) is 5.04. The van der Waals surface area contributed by atoms with Gasteiger partial charge in [-0.3, -0.25) is 9.69 Å². The van der Waals surface area contributed by atoms with Gasteiger partial charge in [-0.1, -0.05) is 42.0 Å². The van der Waals surface area contributed by atoms with Crippen molar-refractivity contribution in [2.45, 2.75) is 32.7 Å². The molecule has 0 radical (unpaired) electrons. The molecule has 0 saturated carbocycles. The number of methoxy groups -OCH3 is 1. The van der Waals surface area contributed by atoms with Gasteiger partial charge in [-0.05, 0) is 62.1 Å². The minimum Gasteiger partial charge on any atom is -0.497 e. The zero-order valence-electron chi connectivity index (χ0n) is 19.9. The highest BCUT2D eigenvalue weighted by Crippen LogP contribution is 2.34. The molecule has 174 valence electrons. The first-order chi connectivity index (χ1) is 16.1. The van der Waals surface area contributed by atoms with Crippen LogP contribution in [-0.4, -0.2) is 55.6 Å². The molecule has 0 bridgehead atoms. The summed E-state index contributed by atoms with van der Waals surface area (Å²) in [6, 6.07) is 14.0. The van der Waals surface area contributed by atoms with Crippen LogP contribution in [0, 0.1) is 0 Å². The second-order valence-electron chi connectivity index (χ2n) is 8.54. The first-order valence-electron chi connectivity index (χ1n) is 11.9. The zero-order valence-corrected chi connectivity index (χ0v) is 19.9. The van der Waals surface area contributed by atoms with E-state index in [2.05, 4.69) is 35.3 Å². The monoisotopic (exact) mass is 446 g/mol. The van der Waals surface area contributed by atoms with E-state index in [1.54, 1.807) is 7.11 Å². The quantitative estimate of drug-likeness (QED) is 0.541. The Labute approximate surface area is 197 Å². The SMILES string of the molecule is CCN(CC)C(=O)c1ccccc1OCC1c2cc(OC)ccc2CCN1CC1=CC=CC1. The van der Waals surface area contributed by atoms with Gasteiger partial charge in [0.1, 0.15) is 18.1 Å². The van der Waals surface area contributed by atoms with Gasteiger partial charge in [0.25, 0.3) is 5.91 Å². The molecule has 1 amide bonds. The Bertz CT molecular complexity index is 1040. The first kappa shape index (κ1) is 23.1. The minimum absolute atomic E-state index is 0.0142. The molecule has 5 nitrogen and oxygen atoms in total. The summed E-state index contributed by atoms with van der Waals surface area (Å²) in [5.41, 5.74) is 4.63. The molecule has 1 unspecified atom stereocenters. The van der Waals surface area contributed by atoms with Gasteiger partial charge < -0.3 is 14.4 Å². The molecule has 0 saturated heterocycles. The van der Waals surface area contributed by atoms with Gasteiger partial charge in [0, 0.05) is 26.2 Å². The van der Waals surface area contributed by atoms with E-state index in [0.717, 1.165) is 31.7 Å². The Morgan fingerprint density at radius 1 is 1.15 bits per heavy atom. The van der Waals surface area contributed by atoms with Gasteiger partial charge in [-0.2, -0.15) is 0 Å². The van der Waals surface area contributed by atoms with Crippen LogP contribution in [0.3, 0.4) is 0 Å². The molecule has 4 rings (SSSR count). The lowest BCUT2D eigenvalue weighted by Gasteiger charge is -2.37. The average molecular weight is 447 g/mol. The summed E-state index contributed by atoms with van der Waals surface area (Å²) in [6.45, 7) is 7.72. The van der Waals surface area contributed by atoms with E-state index in [1.807, 2.05) is 49.1 Å². The molecular weight excluding hydrogens is 412 g/mol. The third kappa shape index (κ3) is 5.14. The summed E-state index contributed by atoms with van der Waals surface area (Å²) in [5.74, 6) is 1.52. The maximum Gasteiger partial charge on any atom is 0.257 e. The maximum atomic E-state index is 13.1. The predicted molar refractivity (Wildman–Crippen MR) is 132 cm³/mol. The van der Waals surface area contributed by atoms with Crippen LogP contribution >= 0.6 is 0 Å². The van der Waals surface area contributed by atoms with Crippen molar-refractivity contribution in [3.05, 3.63) is 83.0 Å². The van der Waals surface area contributed by atoms with E-state index in [-0.39, 0.29) is 11.9 Å². The number of benzene rings is 2. The highest BCUT2D eigenvalue weighted by Gasteiger charge is 2.29. The lowest BCUT2D eigenvalue weighted by Crippen LogP contribution is -2.39. The lowest BCUT2D eigenvalue weighted by molar-refractivity contribution is 0.0764. The van der Waals surface area contributed by atoms with Gasteiger partial charge in [-0.25, -0.2) is 0 Å². The minimum atomic E-state index is 0.0142. The molecule has 1 heterocycles. The number of ether oxygens (including phenoxy) is 2. The third-order valence-electron chi connectivity index (χ3n) is 6.64. The molecule has 33 heavy (non-hydrogen) atoms. The highest BCUT2D eigenvalue weighted by atomic mass is 16.5. The van der Waals surface area contributed by atoms with Crippen molar-refractivity contribution < 1.29 is 14.3 Å². The van der Waals surface area contributed by atoms with E-state index in [1.165, 1.54) is 16.7 Å². The molecular formula is C28H34N2O3. The van der Waals surface area contributed by atoms with Gasteiger partial charge >= 0.3 is 0 Å². The summed E-state index contributed by atoms with van der Waals surface area (Å²) in [7, 11) is 1.71. The topological polar surface area (TPSA) is 42.0 Å². The number of para-hydroxylation sites is 1. The molecule has 0 N–H and O–H groups in total. The van der Waals surface area contributed by atoms with Crippen LogP contribution < -0.4 is 9.47 Å². The summed E-state index contributed by atoms with van der Waals surface area (Å²) in [6.07, 6.45) is 8.58. The molecule has 2 aromatic rings. The Balaban J connectivity index is 1.60.